The van der Waals surface area contributed by atoms with Crippen molar-refractivity contribution in [3.8, 4) is 0 Å². The molecule has 0 aromatic carbocycles. The topological polar surface area (TPSA) is 91.3 Å². The van der Waals surface area contributed by atoms with E-state index in [2.05, 4.69) is 39.8 Å². The second kappa shape index (κ2) is 13.4. The third-order valence-electron chi connectivity index (χ3n) is 6.97. The van der Waals surface area contributed by atoms with E-state index in [1.54, 1.807) is 26.8 Å². The molecule has 1 fully saturated rings. The smallest absolute Gasteiger partial charge is 0.333 e. The Balaban J connectivity index is 2.40. The van der Waals surface area contributed by atoms with Crippen LogP contribution in [-0.2, 0) is 28.5 Å². The molecule has 0 unspecified atom stereocenters. The summed E-state index contributed by atoms with van der Waals surface area (Å²) < 4.78 is 23.7. The fourth-order valence-electron chi connectivity index (χ4n) is 4.62. The number of hydrogen-bond donors (Lipinski definition) is 1. The van der Waals surface area contributed by atoms with Gasteiger partial charge >= 0.3 is 11.9 Å². The number of esters is 2. The van der Waals surface area contributed by atoms with Crippen molar-refractivity contribution in [2.24, 2.45) is 11.8 Å². The summed E-state index contributed by atoms with van der Waals surface area (Å²) in [6, 6.07) is 0. The standard InChI is InChI=1S/C28H44O7/c1-9-19(6)27(31)35-26-24(30)25(33-21(8)29)20(7)32-28(26)34-23-15-18(5)12-10-11-17(4)13-14-22(23)16(2)3/h9,11,15-16,20,22-26,28,30H,10,12-14H2,1-8H3/b17-11+,18-15+,19-9-/t20-,22+,23+,24+,25+,26+,28+/m1/s1. The van der Waals surface area contributed by atoms with Crippen LogP contribution in [0.4, 0.5) is 0 Å². The van der Waals surface area contributed by atoms with Gasteiger partial charge in [0.25, 0.3) is 0 Å². The Morgan fingerprint density at radius 3 is 2.40 bits per heavy atom. The number of rotatable bonds is 6. The van der Waals surface area contributed by atoms with Gasteiger partial charge in [-0.1, -0.05) is 43.2 Å². The van der Waals surface area contributed by atoms with Gasteiger partial charge in [0.05, 0.1) is 12.2 Å². The van der Waals surface area contributed by atoms with E-state index < -0.39 is 42.6 Å². The number of hydrogen-bond acceptors (Lipinski definition) is 7. The van der Waals surface area contributed by atoms with Gasteiger partial charge in [-0.3, -0.25) is 4.79 Å². The highest BCUT2D eigenvalue weighted by atomic mass is 16.7. The maximum Gasteiger partial charge on any atom is 0.333 e. The molecule has 0 spiro atoms. The fourth-order valence-corrected chi connectivity index (χ4v) is 4.62. The van der Waals surface area contributed by atoms with Gasteiger partial charge in [-0.15, -0.1) is 0 Å². The van der Waals surface area contributed by atoms with Crippen molar-refractivity contribution in [1.29, 1.82) is 0 Å². The largest absolute Gasteiger partial charge is 0.457 e. The van der Waals surface area contributed by atoms with Gasteiger partial charge in [0, 0.05) is 12.5 Å². The summed E-state index contributed by atoms with van der Waals surface area (Å²) in [4.78, 5) is 24.3. The average molecular weight is 493 g/mol. The number of ether oxygens (including phenoxy) is 4. The van der Waals surface area contributed by atoms with Gasteiger partial charge < -0.3 is 24.1 Å². The van der Waals surface area contributed by atoms with E-state index in [0.717, 1.165) is 25.7 Å². The Morgan fingerprint density at radius 1 is 1.11 bits per heavy atom. The van der Waals surface area contributed by atoms with E-state index in [4.69, 9.17) is 18.9 Å². The minimum Gasteiger partial charge on any atom is -0.457 e. The first-order chi connectivity index (χ1) is 16.4. The third kappa shape index (κ3) is 8.29. The van der Waals surface area contributed by atoms with E-state index >= 15 is 0 Å². The van der Waals surface area contributed by atoms with Crippen molar-refractivity contribution in [3.63, 3.8) is 0 Å². The van der Waals surface area contributed by atoms with Gasteiger partial charge in [0.15, 0.2) is 18.5 Å². The summed E-state index contributed by atoms with van der Waals surface area (Å²) in [5, 5.41) is 11.1. The van der Waals surface area contributed by atoms with Crippen LogP contribution in [0.25, 0.3) is 0 Å². The number of allylic oxidation sites excluding steroid dienone is 4. The molecule has 1 N–H and O–H groups in total. The Bertz CT molecular complexity index is 825. The first-order valence-electron chi connectivity index (χ1n) is 12.8. The molecule has 2 rings (SSSR count). The molecule has 2 aliphatic rings. The van der Waals surface area contributed by atoms with Gasteiger partial charge in [-0.05, 0) is 72.1 Å². The summed E-state index contributed by atoms with van der Waals surface area (Å²) >= 11 is 0. The minimum atomic E-state index is -1.30. The van der Waals surface area contributed by atoms with E-state index in [0.29, 0.717) is 11.5 Å². The van der Waals surface area contributed by atoms with Crippen LogP contribution in [-0.4, -0.2) is 53.9 Å². The lowest BCUT2D eigenvalue weighted by Gasteiger charge is -2.44. The summed E-state index contributed by atoms with van der Waals surface area (Å²) in [7, 11) is 0. The predicted molar refractivity (Wildman–Crippen MR) is 134 cm³/mol. The van der Waals surface area contributed by atoms with Crippen LogP contribution in [0.15, 0.2) is 34.9 Å². The number of aliphatic hydroxyl groups excluding tert-OH is 1. The molecule has 1 aliphatic heterocycles. The fraction of sp³-hybridized carbons (Fsp3) is 0.714. The van der Waals surface area contributed by atoms with Crippen molar-refractivity contribution in [3.05, 3.63) is 34.9 Å². The second-order valence-corrected chi connectivity index (χ2v) is 10.3. The highest BCUT2D eigenvalue weighted by Crippen LogP contribution is 2.34. The lowest BCUT2D eigenvalue weighted by molar-refractivity contribution is -0.308. The van der Waals surface area contributed by atoms with Crippen LogP contribution < -0.4 is 0 Å². The second-order valence-electron chi connectivity index (χ2n) is 10.3. The van der Waals surface area contributed by atoms with E-state index in [-0.39, 0.29) is 12.0 Å². The molecule has 0 aromatic rings. The molecule has 0 saturated carbocycles. The summed E-state index contributed by atoms with van der Waals surface area (Å²) in [6.07, 6.45) is 4.54. The molecule has 7 heteroatoms. The minimum absolute atomic E-state index is 0.197. The highest BCUT2D eigenvalue weighted by molar-refractivity contribution is 5.87. The SMILES string of the molecule is C/C=C(/C)C(=O)O[C@@H]1[C@H](O[C@H]2/C=C(\C)CC/C=C(\C)CC[C@H]2C(C)C)O[C@H](C)[C@H](OC(C)=O)[C@@H]1O. The third-order valence-corrected chi connectivity index (χ3v) is 6.97. The zero-order valence-corrected chi connectivity index (χ0v) is 22.6. The predicted octanol–water partition coefficient (Wildman–Crippen LogP) is 5.03. The Kier molecular flexibility index (Phi) is 11.2. The number of carbonyl (C=O) groups is 2. The van der Waals surface area contributed by atoms with E-state index in [1.165, 1.54) is 18.1 Å². The Labute approximate surface area is 210 Å². The van der Waals surface area contributed by atoms with Crippen LogP contribution in [0, 0.1) is 11.8 Å². The van der Waals surface area contributed by atoms with E-state index in [1.807, 2.05) is 0 Å². The number of carbonyl (C=O) groups excluding carboxylic acids is 2. The monoisotopic (exact) mass is 492 g/mol. The molecular formula is C28H44O7. The van der Waals surface area contributed by atoms with Crippen molar-refractivity contribution >= 4 is 11.9 Å². The number of aliphatic hydroxyl groups is 1. The Hall–Kier alpha value is -1.96. The maximum absolute atomic E-state index is 12.6. The normalized spacial score (nSPS) is 35.9. The molecule has 1 aliphatic carbocycles. The summed E-state index contributed by atoms with van der Waals surface area (Å²) in [5.41, 5.74) is 2.99. The van der Waals surface area contributed by atoms with Crippen molar-refractivity contribution in [2.45, 2.75) is 118 Å². The van der Waals surface area contributed by atoms with Crippen LogP contribution >= 0.6 is 0 Å². The molecule has 0 bridgehead atoms. The molecular weight excluding hydrogens is 448 g/mol. The first kappa shape index (κ1) is 29.3. The molecule has 7 atom stereocenters. The molecule has 0 radical (unpaired) electrons. The first-order valence-corrected chi connectivity index (χ1v) is 12.8. The highest BCUT2D eigenvalue weighted by Gasteiger charge is 2.49. The average Bonchev–Trinajstić information content (AvgIpc) is 2.77. The van der Waals surface area contributed by atoms with Gasteiger partial charge in [0.1, 0.15) is 6.10 Å². The van der Waals surface area contributed by atoms with Crippen molar-refractivity contribution in [2.75, 3.05) is 0 Å². The van der Waals surface area contributed by atoms with Crippen LogP contribution in [0.1, 0.15) is 81.1 Å². The lowest BCUT2D eigenvalue weighted by atomic mass is 9.83. The molecule has 198 valence electrons. The van der Waals surface area contributed by atoms with Crippen molar-refractivity contribution in [1.82, 2.24) is 0 Å². The van der Waals surface area contributed by atoms with Crippen LogP contribution in [0.5, 0.6) is 0 Å². The van der Waals surface area contributed by atoms with E-state index in [9.17, 15) is 14.7 Å². The summed E-state index contributed by atoms with van der Waals surface area (Å²) in [5.74, 6) is -0.596. The molecule has 35 heavy (non-hydrogen) atoms. The molecule has 0 aromatic heterocycles. The summed E-state index contributed by atoms with van der Waals surface area (Å²) in [6.45, 7) is 15.0. The van der Waals surface area contributed by atoms with Crippen LogP contribution in [0.3, 0.4) is 0 Å². The van der Waals surface area contributed by atoms with Gasteiger partial charge in [-0.25, -0.2) is 4.79 Å². The van der Waals surface area contributed by atoms with Gasteiger partial charge in [0.2, 0.25) is 0 Å². The lowest BCUT2D eigenvalue weighted by Crippen LogP contribution is -2.60. The quantitative estimate of drug-likeness (QED) is 0.316. The van der Waals surface area contributed by atoms with Crippen molar-refractivity contribution < 1.29 is 33.6 Å². The molecule has 0 amide bonds. The maximum atomic E-state index is 12.6. The molecule has 7 nitrogen and oxygen atoms in total. The molecule has 1 heterocycles. The Morgan fingerprint density at radius 2 is 1.80 bits per heavy atom. The van der Waals surface area contributed by atoms with Gasteiger partial charge in [-0.2, -0.15) is 0 Å². The zero-order chi connectivity index (χ0) is 26.3. The zero-order valence-electron chi connectivity index (χ0n) is 22.6. The molecule has 1 saturated heterocycles. The van der Waals surface area contributed by atoms with Crippen LogP contribution in [0.2, 0.25) is 0 Å².